The number of fused-ring (bicyclic) bond motifs is 1. The van der Waals surface area contributed by atoms with Crippen molar-refractivity contribution in [3.8, 4) is 6.07 Å². The molecular formula is C26H30N4O. The number of hydrogen-bond acceptors (Lipinski definition) is 4. The van der Waals surface area contributed by atoms with Crippen LogP contribution in [0.3, 0.4) is 0 Å². The molecule has 0 N–H and O–H groups in total. The van der Waals surface area contributed by atoms with E-state index in [4.69, 9.17) is 5.26 Å². The number of piperazine rings is 1. The van der Waals surface area contributed by atoms with E-state index >= 15 is 0 Å². The summed E-state index contributed by atoms with van der Waals surface area (Å²) in [5, 5.41) is 8.96. The molecule has 5 nitrogen and oxygen atoms in total. The zero-order chi connectivity index (χ0) is 21.2. The van der Waals surface area contributed by atoms with E-state index < -0.39 is 0 Å². The van der Waals surface area contributed by atoms with Crippen LogP contribution in [0, 0.1) is 11.3 Å². The molecule has 3 aliphatic rings. The summed E-state index contributed by atoms with van der Waals surface area (Å²) in [4.78, 5) is 20.1. The lowest BCUT2D eigenvalue weighted by Crippen LogP contribution is -2.53. The number of nitriles is 1. The van der Waals surface area contributed by atoms with E-state index in [-0.39, 0.29) is 5.91 Å². The van der Waals surface area contributed by atoms with Gasteiger partial charge < -0.3 is 4.90 Å². The van der Waals surface area contributed by atoms with Gasteiger partial charge in [-0.1, -0.05) is 24.6 Å². The van der Waals surface area contributed by atoms with Gasteiger partial charge in [-0.05, 0) is 60.2 Å². The van der Waals surface area contributed by atoms with Crippen molar-refractivity contribution in [3.63, 3.8) is 0 Å². The Balaban J connectivity index is 1.19. The van der Waals surface area contributed by atoms with Crippen LogP contribution in [0.15, 0.2) is 42.5 Å². The van der Waals surface area contributed by atoms with E-state index in [1.165, 1.54) is 36.0 Å². The summed E-state index contributed by atoms with van der Waals surface area (Å²) in [7, 11) is 0. The van der Waals surface area contributed by atoms with Gasteiger partial charge in [0.1, 0.15) is 0 Å². The van der Waals surface area contributed by atoms with Gasteiger partial charge in [-0.2, -0.15) is 5.26 Å². The van der Waals surface area contributed by atoms with Gasteiger partial charge in [0.05, 0.1) is 11.6 Å². The normalized spacial score (nSPS) is 20.0. The molecule has 1 saturated carbocycles. The third kappa shape index (κ3) is 4.37. The molecule has 31 heavy (non-hydrogen) atoms. The van der Waals surface area contributed by atoms with E-state index in [1.54, 1.807) is 0 Å². The molecule has 0 atom stereocenters. The van der Waals surface area contributed by atoms with Crippen molar-refractivity contribution in [2.45, 2.75) is 44.8 Å². The summed E-state index contributed by atoms with van der Waals surface area (Å²) in [5.41, 5.74) is 5.42. The van der Waals surface area contributed by atoms with Crippen LogP contribution < -0.4 is 0 Å². The van der Waals surface area contributed by atoms with Crippen molar-refractivity contribution in [2.75, 3.05) is 32.7 Å². The predicted octanol–water partition coefficient (Wildman–Crippen LogP) is 3.43. The summed E-state index contributed by atoms with van der Waals surface area (Å²) in [5.74, 6) is 0.191. The SMILES string of the molecule is N#Cc1ccc(CN2CCc3cc(C(=O)N4CCN(C5CCC5)CC4)ccc3C2)cc1. The van der Waals surface area contributed by atoms with Crippen LogP contribution in [0.2, 0.25) is 0 Å². The topological polar surface area (TPSA) is 50.6 Å². The van der Waals surface area contributed by atoms with Crippen LogP contribution in [-0.2, 0) is 19.5 Å². The average molecular weight is 415 g/mol. The zero-order valence-electron chi connectivity index (χ0n) is 18.1. The maximum Gasteiger partial charge on any atom is 0.253 e. The molecule has 160 valence electrons. The van der Waals surface area contributed by atoms with Gasteiger partial charge >= 0.3 is 0 Å². The van der Waals surface area contributed by atoms with Crippen molar-refractivity contribution in [1.29, 1.82) is 5.26 Å². The number of nitrogens with zero attached hydrogens (tertiary/aromatic N) is 4. The van der Waals surface area contributed by atoms with E-state index in [0.29, 0.717) is 5.56 Å². The third-order valence-electron chi connectivity index (χ3n) is 7.23. The molecule has 2 aromatic rings. The van der Waals surface area contributed by atoms with Gasteiger partial charge in [-0.3, -0.25) is 14.6 Å². The fraction of sp³-hybridized carbons (Fsp3) is 0.462. The largest absolute Gasteiger partial charge is 0.336 e. The molecule has 0 spiro atoms. The quantitative estimate of drug-likeness (QED) is 0.769. The van der Waals surface area contributed by atoms with Crippen LogP contribution in [0.4, 0.5) is 0 Å². The number of rotatable bonds is 4. The van der Waals surface area contributed by atoms with Gasteiger partial charge in [0.2, 0.25) is 0 Å². The standard InChI is InChI=1S/C26H30N4O/c27-17-20-4-6-21(7-5-20)18-28-11-10-22-16-23(8-9-24(22)19-28)26(31)30-14-12-29(13-15-30)25-2-1-3-25/h4-9,16,25H,1-3,10-15,18-19H2. The maximum atomic E-state index is 13.1. The first-order chi connectivity index (χ1) is 15.2. The first kappa shape index (κ1) is 20.2. The molecule has 0 aromatic heterocycles. The third-order valence-corrected chi connectivity index (χ3v) is 7.23. The van der Waals surface area contributed by atoms with E-state index in [2.05, 4.69) is 28.0 Å². The van der Waals surface area contributed by atoms with Gasteiger partial charge in [-0.25, -0.2) is 0 Å². The van der Waals surface area contributed by atoms with Crippen molar-refractivity contribution in [2.24, 2.45) is 0 Å². The summed E-state index contributed by atoms with van der Waals surface area (Å²) in [6.07, 6.45) is 5.01. The predicted molar refractivity (Wildman–Crippen MR) is 121 cm³/mol. The van der Waals surface area contributed by atoms with Gasteiger partial charge in [0.15, 0.2) is 0 Å². The highest BCUT2D eigenvalue weighted by molar-refractivity contribution is 5.94. The van der Waals surface area contributed by atoms with Crippen LogP contribution >= 0.6 is 0 Å². The number of hydrogen-bond donors (Lipinski definition) is 0. The first-order valence-corrected chi connectivity index (χ1v) is 11.6. The molecule has 1 amide bonds. The lowest BCUT2D eigenvalue weighted by atomic mass is 9.91. The molecule has 0 bridgehead atoms. The fourth-order valence-corrected chi connectivity index (χ4v) is 5.05. The Morgan fingerprint density at radius 1 is 0.968 bits per heavy atom. The highest BCUT2D eigenvalue weighted by Crippen LogP contribution is 2.26. The molecular weight excluding hydrogens is 384 g/mol. The lowest BCUT2D eigenvalue weighted by molar-refractivity contribution is 0.0455. The van der Waals surface area contributed by atoms with Gasteiger partial charge in [-0.15, -0.1) is 0 Å². The minimum atomic E-state index is 0.191. The van der Waals surface area contributed by atoms with Crippen LogP contribution in [-0.4, -0.2) is 59.4 Å². The van der Waals surface area contributed by atoms with Gasteiger partial charge in [0.25, 0.3) is 5.91 Å². The lowest BCUT2D eigenvalue weighted by Gasteiger charge is -2.43. The number of amides is 1. The molecule has 0 unspecified atom stereocenters. The summed E-state index contributed by atoms with van der Waals surface area (Å²) >= 11 is 0. The summed E-state index contributed by atoms with van der Waals surface area (Å²) in [6.45, 7) is 6.53. The Hall–Kier alpha value is -2.68. The van der Waals surface area contributed by atoms with E-state index in [1.807, 2.05) is 35.2 Å². The molecule has 1 saturated heterocycles. The molecule has 2 aliphatic heterocycles. The van der Waals surface area contributed by atoms with Crippen LogP contribution in [0.1, 0.15) is 51.9 Å². The van der Waals surface area contributed by atoms with Crippen molar-refractivity contribution in [1.82, 2.24) is 14.7 Å². The minimum Gasteiger partial charge on any atom is -0.336 e. The second kappa shape index (κ2) is 8.82. The van der Waals surface area contributed by atoms with Gasteiger partial charge in [0, 0.05) is 57.4 Å². The summed E-state index contributed by atoms with van der Waals surface area (Å²) < 4.78 is 0. The Kier molecular flexibility index (Phi) is 5.76. The van der Waals surface area contributed by atoms with Crippen molar-refractivity contribution < 1.29 is 4.79 Å². The Morgan fingerprint density at radius 2 is 1.74 bits per heavy atom. The van der Waals surface area contributed by atoms with Crippen LogP contribution in [0.25, 0.3) is 0 Å². The number of carbonyl (C=O) groups excluding carboxylic acids is 1. The maximum absolute atomic E-state index is 13.1. The Labute approximate surface area is 184 Å². The molecule has 0 radical (unpaired) electrons. The first-order valence-electron chi connectivity index (χ1n) is 11.6. The molecule has 2 fully saturated rings. The van der Waals surface area contributed by atoms with E-state index in [9.17, 15) is 4.79 Å². The Bertz CT molecular complexity index is 981. The van der Waals surface area contributed by atoms with Crippen molar-refractivity contribution >= 4 is 5.91 Å². The highest BCUT2D eigenvalue weighted by atomic mass is 16.2. The molecule has 1 aliphatic carbocycles. The number of benzene rings is 2. The summed E-state index contributed by atoms with van der Waals surface area (Å²) in [6, 6.07) is 17.1. The second-order valence-corrected chi connectivity index (χ2v) is 9.17. The minimum absolute atomic E-state index is 0.191. The highest BCUT2D eigenvalue weighted by Gasteiger charge is 2.30. The van der Waals surface area contributed by atoms with Crippen LogP contribution in [0.5, 0.6) is 0 Å². The number of carbonyl (C=O) groups is 1. The molecule has 2 heterocycles. The second-order valence-electron chi connectivity index (χ2n) is 9.17. The zero-order valence-corrected chi connectivity index (χ0v) is 18.1. The van der Waals surface area contributed by atoms with E-state index in [0.717, 1.165) is 63.8 Å². The Morgan fingerprint density at radius 3 is 2.42 bits per heavy atom. The average Bonchev–Trinajstić information content (AvgIpc) is 2.78. The monoisotopic (exact) mass is 414 g/mol. The molecule has 5 heteroatoms. The van der Waals surface area contributed by atoms with Crippen molar-refractivity contribution in [3.05, 3.63) is 70.3 Å². The molecule has 5 rings (SSSR count). The smallest absolute Gasteiger partial charge is 0.253 e. The molecule has 2 aromatic carbocycles. The fourth-order valence-electron chi connectivity index (χ4n) is 5.05.